The van der Waals surface area contributed by atoms with Crippen LogP contribution in [0.25, 0.3) is 0 Å². The molecule has 2 aromatic rings. The summed E-state index contributed by atoms with van der Waals surface area (Å²) in [5, 5.41) is 0. The van der Waals surface area contributed by atoms with E-state index in [2.05, 4.69) is 21.7 Å². The molecule has 0 unspecified atom stereocenters. The molecule has 1 heterocycles. The number of hydrogen-bond donors (Lipinski definition) is 1. The van der Waals surface area contributed by atoms with Crippen LogP contribution in [-0.2, 0) is 10.0 Å². The summed E-state index contributed by atoms with van der Waals surface area (Å²) < 4.78 is 33.1. The van der Waals surface area contributed by atoms with Gasteiger partial charge in [-0.15, -0.1) is 0 Å². The average molecular weight is 390 g/mol. The van der Waals surface area contributed by atoms with Gasteiger partial charge in [-0.1, -0.05) is 19.3 Å². The van der Waals surface area contributed by atoms with Gasteiger partial charge in [-0.3, -0.25) is 4.72 Å². The Morgan fingerprint density at radius 3 is 2.48 bits per heavy atom. The lowest BCUT2D eigenvalue weighted by molar-refractivity contribution is 0.414. The highest BCUT2D eigenvalue weighted by Crippen LogP contribution is 2.27. The number of rotatable bonds is 6. The fraction of sp³-hybridized carbons (Fsp3) is 0.450. The smallest absolute Gasteiger partial charge is 0.262 e. The second-order valence-electron chi connectivity index (χ2n) is 7.04. The van der Waals surface area contributed by atoms with Crippen LogP contribution in [0.5, 0.6) is 5.75 Å². The number of anilines is 2. The molecule has 0 amide bonds. The molecule has 1 aromatic heterocycles. The quantitative estimate of drug-likeness (QED) is 0.809. The van der Waals surface area contributed by atoms with Crippen LogP contribution in [0, 0.1) is 6.92 Å². The molecular formula is C20H27N3O3S. The summed E-state index contributed by atoms with van der Waals surface area (Å²) in [5.41, 5.74) is 1.08. The molecule has 146 valence electrons. The van der Waals surface area contributed by atoms with Crippen molar-refractivity contribution >= 4 is 21.5 Å². The molecule has 0 atom stereocenters. The second-order valence-corrected chi connectivity index (χ2v) is 8.70. The number of benzene rings is 1. The third kappa shape index (κ3) is 4.53. The number of aryl methyl sites for hydroxylation is 1. The van der Waals surface area contributed by atoms with Gasteiger partial charge in [-0.2, -0.15) is 0 Å². The lowest BCUT2D eigenvalue weighted by Gasteiger charge is -2.32. The Bertz CT molecular complexity index is 876. The number of methoxy groups -OCH3 is 1. The van der Waals surface area contributed by atoms with Crippen LogP contribution in [0.1, 0.15) is 37.7 Å². The maximum atomic E-state index is 12.7. The zero-order valence-electron chi connectivity index (χ0n) is 16.1. The molecule has 0 saturated heterocycles. The van der Waals surface area contributed by atoms with Crippen molar-refractivity contribution in [3.05, 3.63) is 42.1 Å². The molecule has 0 bridgehead atoms. The number of aromatic nitrogens is 1. The Labute approximate surface area is 161 Å². The first-order chi connectivity index (χ1) is 12.9. The zero-order valence-corrected chi connectivity index (χ0v) is 16.9. The van der Waals surface area contributed by atoms with E-state index in [0.29, 0.717) is 23.0 Å². The van der Waals surface area contributed by atoms with E-state index < -0.39 is 10.0 Å². The molecule has 1 aliphatic rings. The van der Waals surface area contributed by atoms with Crippen molar-refractivity contribution in [3.8, 4) is 5.75 Å². The highest BCUT2D eigenvalue weighted by Gasteiger charge is 2.20. The minimum absolute atomic E-state index is 0.228. The predicted octanol–water partition coefficient (Wildman–Crippen LogP) is 3.97. The van der Waals surface area contributed by atoms with Gasteiger partial charge in [0.15, 0.2) is 0 Å². The van der Waals surface area contributed by atoms with Gasteiger partial charge in [-0.05, 0) is 55.7 Å². The van der Waals surface area contributed by atoms with Gasteiger partial charge < -0.3 is 9.64 Å². The summed E-state index contributed by atoms with van der Waals surface area (Å²) in [6, 6.07) is 9.04. The van der Waals surface area contributed by atoms with Crippen molar-refractivity contribution in [2.24, 2.45) is 0 Å². The van der Waals surface area contributed by atoms with E-state index in [0.717, 1.165) is 5.82 Å². The molecule has 27 heavy (non-hydrogen) atoms. The maximum absolute atomic E-state index is 12.7. The number of sulfonamides is 1. The maximum Gasteiger partial charge on any atom is 0.262 e. The Hall–Kier alpha value is -2.28. The molecule has 6 nitrogen and oxygen atoms in total. The van der Waals surface area contributed by atoms with Gasteiger partial charge in [0.2, 0.25) is 0 Å². The van der Waals surface area contributed by atoms with Crippen LogP contribution < -0.4 is 14.4 Å². The van der Waals surface area contributed by atoms with Gasteiger partial charge in [0.1, 0.15) is 11.6 Å². The van der Waals surface area contributed by atoms with Crippen LogP contribution >= 0.6 is 0 Å². The van der Waals surface area contributed by atoms with Crippen LogP contribution in [0.4, 0.5) is 11.5 Å². The topological polar surface area (TPSA) is 71.5 Å². The zero-order chi connectivity index (χ0) is 19.4. The largest absolute Gasteiger partial charge is 0.497 e. The first-order valence-corrected chi connectivity index (χ1v) is 10.8. The Morgan fingerprint density at radius 1 is 1.15 bits per heavy atom. The SMILES string of the molecule is COc1ccc(S(=O)(=O)Nc2ccc(N(C)C3CCCCC3)nc2)c(C)c1. The van der Waals surface area contributed by atoms with E-state index >= 15 is 0 Å². The van der Waals surface area contributed by atoms with Crippen LogP contribution in [0.2, 0.25) is 0 Å². The first-order valence-electron chi connectivity index (χ1n) is 9.27. The molecule has 0 aliphatic heterocycles. The van der Waals surface area contributed by atoms with Crippen molar-refractivity contribution in [1.29, 1.82) is 0 Å². The summed E-state index contributed by atoms with van der Waals surface area (Å²) in [6.45, 7) is 1.75. The van der Waals surface area contributed by atoms with E-state index in [1.165, 1.54) is 32.1 Å². The fourth-order valence-electron chi connectivity index (χ4n) is 3.57. The number of ether oxygens (including phenoxy) is 1. The van der Waals surface area contributed by atoms with Crippen LogP contribution in [0.15, 0.2) is 41.4 Å². The van der Waals surface area contributed by atoms with Gasteiger partial charge in [0, 0.05) is 13.1 Å². The lowest BCUT2D eigenvalue weighted by atomic mass is 9.94. The standard InChI is InChI=1S/C20H27N3O3S/c1-15-13-18(26-3)10-11-19(15)27(24,25)22-16-9-12-20(21-14-16)23(2)17-7-5-4-6-8-17/h9-14,17,22H,4-8H2,1-3H3. The second kappa shape index (κ2) is 8.17. The molecule has 0 radical (unpaired) electrons. The minimum atomic E-state index is -3.68. The monoisotopic (exact) mass is 389 g/mol. The third-order valence-electron chi connectivity index (χ3n) is 5.16. The Balaban J connectivity index is 1.73. The number of hydrogen-bond acceptors (Lipinski definition) is 5. The number of pyridine rings is 1. The Morgan fingerprint density at radius 2 is 1.89 bits per heavy atom. The summed E-state index contributed by atoms with van der Waals surface area (Å²) >= 11 is 0. The summed E-state index contributed by atoms with van der Waals surface area (Å²) in [7, 11) is -0.0690. The molecule has 0 spiro atoms. The summed E-state index contributed by atoms with van der Waals surface area (Å²) in [5.74, 6) is 1.49. The highest BCUT2D eigenvalue weighted by atomic mass is 32.2. The molecule has 1 fully saturated rings. The summed E-state index contributed by atoms with van der Waals surface area (Å²) in [6.07, 6.45) is 7.77. The van der Waals surface area contributed by atoms with Gasteiger partial charge in [0.25, 0.3) is 10.0 Å². The van der Waals surface area contributed by atoms with Crippen molar-refractivity contribution in [3.63, 3.8) is 0 Å². The molecule has 1 saturated carbocycles. The molecule has 7 heteroatoms. The summed E-state index contributed by atoms with van der Waals surface area (Å²) in [4.78, 5) is 6.89. The molecule has 1 aliphatic carbocycles. The minimum Gasteiger partial charge on any atom is -0.497 e. The first kappa shape index (κ1) is 19.5. The fourth-order valence-corrected chi connectivity index (χ4v) is 4.84. The van der Waals surface area contributed by atoms with E-state index in [1.54, 1.807) is 44.5 Å². The van der Waals surface area contributed by atoms with Crippen LogP contribution in [-0.4, -0.2) is 33.6 Å². The van der Waals surface area contributed by atoms with Gasteiger partial charge in [0.05, 0.1) is 23.9 Å². The van der Waals surface area contributed by atoms with Crippen molar-refractivity contribution in [1.82, 2.24) is 4.98 Å². The molecule has 3 rings (SSSR count). The van der Waals surface area contributed by atoms with Gasteiger partial charge in [-0.25, -0.2) is 13.4 Å². The van der Waals surface area contributed by atoms with Crippen molar-refractivity contribution in [2.75, 3.05) is 23.8 Å². The van der Waals surface area contributed by atoms with Crippen LogP contribution in [0.3, 0.4) is 0 Å². The Kier molecular flexibility index (Phi) is 5.89. The van der Waals surface area contributed by atoms with Crippen molar-refractivity contribution < 1.29 is 13.2 Å². The van der Waals surface area contributed by atoms with E-state index in [-0.39, 0.29) is 4.90 Å². The lowest BCUT2D eigenvalue weighted by Crippen LogP contribution is -2.33. The van der Waals surface area contributed by atoms with Gasteiger partial charge >= 0.3 is 0 Å². The third-order valence-corrected chi connectivity index (χ3v) is 6.70. The van der Waals surface area contributed by atoms with E-state index in [1.807, 2.05) is 6.07 Å². The van der Waals surface area contributed by atoms with E-state index in [4.69, 9.17) is 4.74 Å². The molecule has 1 N–H and O–H groups in total. The van der Waals surface area contributed by atoms with E-state index in [9.17, 15) is 8.42 Å². The normalized spacial score (nSPS) is 15.4. The average Bonchev–Trinajstić information content (AvgIpc) is 2.68. The van der Waals surface area contributed by atoms with Crippen molar-refractivity contribution in [2.45, 2.75) is 50.0 Å². The predicted molar refractivity (Wildman–Crippen MR) is 108 cm³/mol. The number of nitrogens with one attached hydrogen (secondary N) is 1. The number of nitrogens with zero attached hydrogens (tertiary/aromatic N) is 2. The highest BCUT2D eigenvalue weighted by molar-refractivity contribution is 7.92. The molecular weight excluding hydrogens is 362 g/mol. The molecule has 1 aromatic carbocycles.